The summed E-state index contributed by atoms with van der Waals surface area (Å²) < 4.78 is 0. The topological polar surface area (TPSA) is 60.8 Å². The van der Waals surface area contributed by atoms with E-state index in [1.165, 1.54) is 5.56 Å². The molecule has 0 saturated heterocycles. The molecule has 88 valence electrons. The van der Waals surface area contributed by atoms with Gasteiger partial charge in [0.25, 0.3) is 0 Å². The second-order valence-electron chi connectivity index (χ2n) is 3.49. The third-order valence-corrected chi connectivity index (χ3v) is 2.14. The van der Waals surface area contributed by atoms with Gasteiger partial charge in [-0.1, -0.05) is 36.0 Å². The molecular formula is C13H16N4. The van der Waals surface area contributed by atoms with Crippen LogP contribution < -0.4 is 5.32 Å². The summed E-state index contributed by atoms with van der Waals surface area (Å²) in [4.78, 5) is 2.68. The maximum Gasteiger partial charge on any atom is 0.0367 e. The van der Waals surface area contributed by atoms with Crippen molar-refractivity contribution in [2.75, 3.05) is 13.1 Å². The van der Waals surface area contributed by atoms with E-state index in [1.807, 2.05) is 12.1 Å². The van der Waals surface area contributed by atoms with Crippen LogP contribution in [0.5, 0.6) is 0 Å². The number of rotatable bonds is 5. The first-order chi connectivity index (χ1) is 8.36. The number of hydrogen-bond acceptors (Lipinski definition) is 2. The zero-order valence-electron chi connectivity index (χ0n) is 9.98. The molecule has 0 radical (unpaired) electrons. The largest absolute Gasteiger partial charge is 0.313 e. The van der Waals surface area contributed by atoms with E-state index in [1.54, 1.807) is 0 Å². The first kappa shape index (κ1) is 13.1. The number of nitrogens with one attached hydrogen (secondary N) is 1. The predicted molar refractivity (Wildman–Crippen MR) is 69.3 cm³/mol. The lowest BCUT2D eigenvalue weighted by molar-refractivity contribution is 0.727. The number of nitrogens with zero attached hydrogens (tertiary/aromatic N) is 3. The summed E-state index contributed by atoms with van der Waals surface area (Å²) in [7, 11) is 0. The van der Waals surface area contributed by atoms with Gasteiger partial charge in [0.2, 0.25) is 0 Å². The lowest BCUT2D eigenvalue weighted by atomic mass is 10.1. The van der Waals surface area contributed by atoms with Gasteiger partial charge < -0.3 is 5.32 Å². The van der Waals surface area contributed by atoms with E-state index in [-0.39, 0.29) is 0 Å². The first-order valence-electron chi connectivity index (χ1n) is 5.66. The molecule has 1 aromatic rings. The van der Waals surface area contributed by atoms with Crippen molar-refractivity contribution in [3.05, 3.63) is 45.8 Å². The highest BCUT2D eigenvalue weighted by atomic mass is 15.1. The minimum Gasteiger partial charge on any atom is -0.313 e. The van der Waals surface area contributed by atoms with Crippen LogP contribution in [0, 0.1) is 11.8 Å². The molecule has 4 heteroatoms. The standard InChI is InChI=1S/C13H16N4/c1-2-15-11-13-8-5-7-12(10-13)6-3-4-9-16-17-14/h5,7-8,10,15H,2,4,9,11H2,1H3. The van der Waals surface area contributed by atoms with Crippen LogP contribution in [-0.4, -0.2) is 13.1 Å². The van der Waals surface area contributed by atoms with E-state index in [0.717, 1.165) is 18.7 Å². The Hall–Kier alpha value is -1.95. The summed E-state index contributed by atoms with van der Waals surface area (Å²) in [6, 6.07) is 8.14. The highest BCUT2D eigenvalue weighted by Crippen LogP contribution is 2.03. The molecule has 0 aliphatic carbocycles. The lowest BCUT2D eigenvalue weighted by Crippen LogP contribution is -2.11. The van der Waals surface area contributed by atoms with Crippen molar-refractivity contribution in [3.63, 3.8) is 0 Å². The van der Waals surface area contributed by atoms with E-state index in [9.17, 15) is 0 Å². The fourth-order valence-corrected chi connectivity index (χ4v) is 1.34. The fourth-order valence-electron chi connectivity index (χ4n) is 1.34. The number of benzene rings is 1. The molecule has 0 fully saturated rings. The lowest BCUT2D eigenvalue weighted by Gasteiger charge is -2.01. The molecule has 0 atom stereocenters. The van der Waals surface area contributed by atoms with Crippen molar-refractivity contribution >= 4 is 0 Å². The van der Waals surface area contributed by atoms with Crippen molar-refractivity contribution < 1.29 is 0 Å². The van der Waals surface area contributed by atoms with Crippen LogP contribution in [0.2, 0.25) is 0 Å². The molecule has 0 aliphatic heterocycles. The molecular weight excluding hydrogens is 212 g/mol. The van der Waals surface area contributed by atoms with E-state index in [4.69, 9.17) is 5.53 Å². The highest BCUT2D eigenvalue weighted by Gasteiger charge is 1.92. The van der Waals surface area contributed by atoms with Crippen LogP contribution >= 0.6 is 0 Å². The third kappa shape index (κ3) is 5.62. The van der Waals surface area contributed by atoms with Crippen LogP contribution in [0.25, 0.3) is 10.4 Å². The molecule has 17 heavy (non-hydrogen) atoms. The molecule has 0 unspecified atom stereocenters. The second kappa shape index (κ2) is 8.23. The Labute approximate surface area is 102 Å². The third-order valence-electron chi connectivity index (χ3n) is 2.14. The minimum absolute atomic E-state index is 0.431. The van der Waals surface area contributed by atoms with Gasteiger partial charge in [-0.25, -0.2) is 0 Å². The van der Waals surface area contributed by atoms with Crippen molar-refractivity contribution in [1.82, 2.24) is 5.32 Å². The summed E-state index contributed by atoms with van der Waals surface area (Å²) in [5, 5.41) is 6.70. The summed E-state index contributed by atoms with van der Waals surface area (Å²) in [5.74, 6) is 6.04. The maximum absolute atomic E-state index is 8.10. The quantitative estimate of drug-likeness (QED) is 0.272. The molecule has 1 N–H and O–H groups in total. The van der Waals surface area contributed by atoms with Crippen molar-refractivity contribution in [2.24, 2.45) is 5.11 Å². The highest BCUT2D eigenvalue weighted by molar-refractivity contribution is 5.37. The average molecular weight is 228 g/mol. The van der Waals surface area contributed by atoms with E-state index >= 15 is 0 Å². The van der Waals surface area contributed by atoms with E-state index < -0.39 is 0 Å². The number of azide groups is 1. The van der Waals surface area contributed by atoms with Crippen LogP contribution in [0.1, 0.15) is 24.5 Å². The van der Waals surface area contributed by atoms with Crippen molar-refractivity contribution in [2.45, 2.75) is 19.9 Å². The molecule has 0 amide bonds. The van der Waals surface area contributed by atoms with Gasteiger partial charge in [-0.15, -0.1) is 0 Å². The Morgan fingerprint density at radius 3 is 3.12 bits per heavy atom. The van der Waals surface area contributed by atoms with Gasteiger partial charge in [-0.2, -0.15) is 0 Å². The van der Waals surface area contributed by atoms with Crippen LogP contribution in [0.3, 0.4) is 0 Å². The molecule has 1 aromatic carbocycles. The van der Waals surface area contributed by atoms with Gasteiger partial charge in [0, 0.05) is 30.0 Å². The molecule has 0 saturated carbocycles. The SMILES string of the molecule is CCNCc1cccc(C#CCCN=[N+]=[N-])c1. The van der Waals surface area contributed by atoms with Gasteiger partial charge in [-0.05, 0) is 29.8 Å². The molecule has 0 spiro atoms. The molecule has 0 aromatic heterocycles. The normalized spacial score (nSPS) is 9.00. The monoisotopic (exact) mass is 228 g/mol. The van der Waals surface area contributed by atoms with Gasteiger partial charge in [0.15, 0.2) is 0 Å². The van der Waals surface area contributed by atoms with Gasteiger partial charge in [0.1, 0.15) is 0 Å². The minimum atomic E-state index is 0.431. The molecule has 4 nitrogen and oxygen atoms in total. The number of hydrogen-bond donors (Lipinski definition) is 1. The molecule has 0 heterocycles. The second-order valence-corrected chi connectivity index (χ2v) is 3.49. The Morgan fingerprint density at radius 1 is 1.47 bits per heavy atom. The zero-order valence-corrected chi connectivity index (χ0v) is 9.98. The van der Waals surface area contributed by atoms with Gasteiger partial charge in [-0.3, -0.25) is 0 Å². The average Bonchev–Trinajstić information content (AvgIpc) is 2.37. The Kier molecular flexibility index (Phi) is 6.35. The summed E-state index contributed by atoms with van der Waals surface area (Å²) in [6.07, 6.45) is 0.599. The smallest absolute Gasteiger partial charge is 0.0367 e. The van der Waals surface area contributed by atoms with Crippen molar-refractivity contribution in [1.29, 1.82) is 0 Å². The first-order valence-corrected chi connectivity index (χ1v) is 5.66. The van der Waals surface area contributed by atoms with Gasteiger partial charge in [0.05, 0.1) is 0 Å². The van der Waals surface area contributed by atoms with Crippen molar-refractivity contribution in [3.8, 4) is 11.8 Å². The summed E-state index contributed by atoms with van der Waals surface area (Å²) in [5.41, 5.74) is 10.3. The van der Waals surface area contributed by atoms with Crippen LogP contribution in [0.4, 0.5) is 0 Å². The van der Waals surface area contributed by atoms with Crippen LogP contribution in [0.15, 0.2) is 29.4 Å². The molecule has 1 rings (SSSR count). The Morgan fingerprint density at radius 2 is 2.35 bits per heavy atom. The van der Waals surface area contributed by atoms with Crippen LogP contribution in [-0.2, 0) is 6.54 Å². The summed E-state index contributed by atoms with van der Waals surface area (Å²) in [6.45, 7) is 4.34. The molecule has 0 aliphatic rings. The van der Waals surface area contributed by atoms with Gasteiger partial charge >= 0.3 is 0 Å². The predicted octanol–water partition coefficient (Wildman–Crippen LogP) is 2.85. The summed E-state index contributed by atoms with van der Waals surface area (Å²) >= 11 is 0. The van der Waals surface area contributed by atoms with E-state index in [0.29, 0.717) is 13.0 Å². The maximum atomic E-state index is 8.10. The fraction of sp³-hybridized carbons (Fsp3) is 0.385. The Bertz CT molecular complexity index is 450. The Balaban J connectivity index is 2.55. The van der Waals surface area contributed by atoms with E-state index in [2.05, 4.69) is 46.2 Å². The zero-order chi connectivity index (χ0) is 12.3. The molecule has 0 bridgehead atoms.